The zero-order chi connectivity index (χ0) is 48.8. The smallest absolute Gasteiger partial charge is 0.160 e. The molecule has 70 heavy (non-hydrogen) atoms. The van der Waals surface area contributed by atoms with Gasteiger partial charge in [0.25, 0.3) is 0 Å². The summed E-state index contributed by atoms with van der Waals surface area (Å²) in [5.74, 6) is 1.65. The van der Waals surface area contributed by atoms with Crippen molar-refractivity contribution in [3.63, 3.8) is 0 Å². The highest BCUT2D eigenvalue weighted by Crippen LogP contribution is 2.60. The number of allylic oxidation sites excluding steroid dienone is 4. The number of rotatable bonds is 8. The average molecular weight is 913 g/mol. The van der Waals surface area contributed by atoms with Crippen molar-refractivity contribution in [2.24, 2.45) is 0 Å². The summed E-state index contributed by atoms with van der Waals surface area (Å²) < 4.78 is 14.3. The maximum absolute atomic E-state index is 7.15. The van der Waals surface area contributed by atoms with Crippen LogP contribution in [-0.2, 0) is 17.3 Å². The lowest BCUT2D eigenvalue weighted by Crippen LogP contribution is -2.28. The molecule has 0 spiro atoms. The largest absolute Gasteiger partial charge is 0.455 e. The van der Waals surface area contributed by atoms with E-state index < -0.39 is 10.8 Å². The lowest BCUT2D eigenvalue weighted by molar-refractivity contribution is 0.537. The van der Waals surface area contributed by atoms with Gasteiger partial charge in [-0.1, -0.05) is 155 Å². The Kier molecular flexibility index (Phi) is 10.7. The van der Waals surface area contributed by atoms with Gasteiger partial charge in [0.15, 0.2) is 11.3 Å². The van der Waals surface area contributed by atoms with Crippen molar-refractivity contribution in [2.45, 2.75) is 79.6 Å². The minimum Gasteiger partial charge on any atom is -0.455 e. The summed E-state index contributed by atoms with van der Waals surface area (Å²) in [6.07, 6.45) is 8.78. The Morgan fingerprint density at radius 2 is 1.23 bits per heavy atom. The summed E-state index contributed by atoms with van der Waals surface area (Å²) >= 11 is 0. The van der Waals surface area contributed by atoms with Gasteiger partial charge in [-0.05, 0) is 151 Å². The molecule has 0 amide bonds. The second-order valence-corrected chi connectivity index (χ2v) is 20.5. The summed E-state index contributed by atoms with van der Waals surface area (Å²) in [6, 6.07) is 50.6. The molecule has 0 saturated heterocycles. The van der Waals surface area contributed by atoms with Crippen LogP contribution in [0.4, 0.5) is 28.4 Å². The summed E-state index contributed by atoms with van der Waals surface area (Å²) in [6.45, 7) is 29.6. The van der Waals surface area contributed by atoms with Crippen molar-refractivity contribution in [3.05, 3.63) is 244 Å². The molecule has 11 rings (SSSR count). The van der Waals surface area contributed by atoms with Crippen LogP contribution in [0.25, 0.3) is 44.8 Å². The molecule has 0 unspecified atom stereocenters. The van der Waals surface area contributed by atoms with Crippen molar-refractivity contribution in [1.29, 1.82) is 0 Å². The van der Waals surface area contributed by atoms with Gasteiger partial charge in [-0.2, -0.15) is 0 Å². The highest BCUT2D eigenvalue weighted by atomic mass is 16.3. The van der Waals surface area contributed by atoms with Crippen LogP contribution in [-0.4, -0.2) is 0 Å². The third-order valence-electron chi connectivity index (χ3n) is 15.2. The van der Waals surface area contributed by atoms with Crippen LogP contribution in [0.2, 0.25) is 0 Å². The number of nitrogens with zero attached hydrogens (tertiary/aromatic N) is 2. The molecule has 2 heterocycles. The van der Waals surface area contributed by atoms with E-state index in [1.807, 2.05) is 18.2 Å². The maximum atomic E-state index is 7.15. The molecule has 0 bridgehead atoms. The number of para-hydroxylation sites is 3. The minimum atomic E-state index is -0.533. The molecule has 2 aliphatic carbocycles. The Bertz CT molecular complexity index is 3670. The topological polar surface area (TPSA) is 32.8 Å². The second-order valence-electron chi connectivity index (χ2n) is 20.5. The van der Waals surface area contributed by atoms with Crippen LogP contribution in [0.5, 0.6) is 0 Å². The molecule has 4 nitrogen and oxygen atoms in total. The first-order valence-corrected chi connectivity index (χ1v) is 24.5. The maximum Gasteiger partial charge on any atom is 0.160 e. The van der Waals surface area contributed by atoms with Crippen molar-refractivity contribution >= 4 is 62.1 Å². The van der Waals surface area contributed by atoms with Crippen LogP contribution >= 0.6 is 0 Å². The number of hydrogen-bond acceptors (Lipinski definition) is 4. The van der Waals surface area contributed by atoms with Crippen LogP contribution in [0.15, 0.2) is 185 Å². The monoisotopic (exact) mass is 912 g/mol. The first-order chi connectivity index (χ1) is 33.7. The van der Waals surface area contributed by atoms with Crippen molar-refractivity contribution < 1.29 is 8.83 Å². The molecule has 0 saturated carbocycles. The van der Waals surface area contributed by atoms with Crippen molar-refractivity contribution in [1.82, 2.24) is 0 Å². The molecule has 7 aromatic carbocycles. The minimum absolute atomic E-state index is 0.443. The van der Waals surface area contributed by atoms with E-state index in [-0.39, 0.29) is 0 Å². The molecule has 346 valence electrons. The number of hydrogen-bond donors (Lipinski definition) is 0. The Labute approximate surface area is 413 Å². The van der Waals surface area contributed by atoms with Gasteiger partial charge in [0.05, 0.1) is 11.4 Å². The van der Waals surface area contributed by atoms with E-state index >= 15 is 0 Å². The first-order valence-electron chi connectivity index (χ1n) is 24.5. The fourth-order valence-corrected chi connectivity index (χ4v) is 11.6. The van der Waals surface area contributed by atoms with Gasteiger partial charge in [0, 0.05) is 56.3 Å². The van der Waals surface area contributed by atoms with E-state index in [0.717, 1.165) is 84.3 Å². The van der Waals surface area contributed by atoms with Gasteiger partial charge in [-0.3, -0.25) is 0 Å². The van der Waals surface area contributed by atoms with E-state index in [1.54, 1.807) is 0 Å². The van der Waals surface area contributed by atoms with Crippen LogP contribution in [0.1, 0.15) is 94.8 Å². The van der Waals surface area contributed by atoms with Gasteiger partial charge in [-0.25, -0.2) is 0 Å². The highest BCUT2D eigenvalue weighted by Gasteiger charge is 2.45. The number of fused-ring (bicyclic) bond motifs is 10. The molecule has 0 radical (unpaired) electrons. The zero-order valence-corrected chi connectivity index (χ0v) is 41.9. The molecular weight excluding hydrogens is 853 g/mol. The fraction of sp³-hybridized carbons (Fsp3) is 0.182. The van der Waals surface area contributed by atoms with E-state index in [0.29, 0.717) is 6.42 Å². The SMILES string of the molecule is C=C/C=C\c1oc2c(c1C)Cc1ccc3c(c1C(C)(C)C(=C)/C=C\2N(c1ccccc1)c1ccc(C)cc1C)C(C)(C)c1cc(N(c2ccccc2)c2ccc(C)cc2C)c2oc4ccccc4c2c1-3. The second kappa shape index (κ2) is 16.7. The standard InChI is InChI=1S/C66H60N2O2/c1-12-13-27-57-45(7)51-38-46-31-32-50-59-52(39-56(64-60(59)49-26-20-21-28-58(49)70-64)68(48-24-18-15-19-25-48)54-34-30-41(3)36-43(54)5)66(10,11)62(50)61(46)65(8,9)44(6)37-55(63(51)69-57)67(47-22-16-14-17-23-47)53-33-29-40(2)35-42(53)4/h12-37,39H,1,6,38H2,2-5,7-11H3/b27-13-,55-37+. The third-order valence-corrected chi connectivity index (χ3v) is 15.2. The zero-order valence-electron chi connectivity index (χ0n) is 41.9. The molecule has 0 atom stereocenters. The Morgan fingerprint density at radius 1 is 0.614 bits per heavy atom. The molecule has 0 aliphatic heterocycles. The summed E-state index contributed by atoms with van der Waals surface area (Å²) in [4.78, 5) is 4.77. The summed E-state index contributed by atoms with van der Waals surface area (Å²) in [7, 11) is 0. The Hall–Kier alpha value is -7.82. The molecular formula is C66H60N2O2. The van der Waals surface area contributed by atoms with Gasteiger partial charge in [0.2, 0.25) is 0 Å². The van der Waals surface area contributed by atoms with E-state index in [4.69, 9.17) is 15.4 Å². The van der Waals surface area contributed by atoms with Gasteiger partial charge < -0.3 is 18.6 Å². The summed E-state index contributed by atoms with van der Waals surface area (Å²) in [5.41, 5.74) is 22.8. The predicted molar refractivity (Wildman–Crippen MR) is 296 cm³/mol. The molecule has 9 aromatic rings. The summed E-state index contributed by atoms with van der Waals surface area (Å²) in [5, 5.41) is 2.25. The Balaban J connectivity index is 1.20. The van der Waals surface area contributed by atoms with Crippen LogP contribution in [0, 0.1) is 34.6 Å². The quantitative estimate of drug-likeness (QED) is 0.142. The predicted octanol–water partition coefficient (Wildman–Crippen LogP) is 18.3. The van der Waals surface area contributed by atoms with Crippen LogP contribution < -0.4 is 9.80 Å². The molecule has 2 aromatic heterocycles. The number of benzene rings is 7. The third kappa shape index (κ3) is 6.95. The normalized spacial score (nSPS) is 15.4. The number of aryl methyl sites for hydroxylation is 4. The first kappa shape index (κ1) is 44.7. The fourth-order valence-electron chi connectivity index (χ4n) is 11.6. The average Bonchev–Trinajstić information content (AvgIpc) is 3.96. The van der Waals surface area contributed by atoms with Gasteiger partial charge in [-0.15, -0.1) is 0 Å². The lowest BCUT2D eigenvalue weighted by atomic mass is 9.68. The van der Waals surface area contributed by atoms with E-state index in [1.165, 1.54) is 55.6 Å². The number of anilines is 5. The molecule has 4 heteroatoms. The highest BCUT2D eigenvalue weighted by molar-refractivity contribution is 6.19. The molecule has 2 aliphatic rings. The van der Waals surface area contributed by atoms with Gasteiger partial charge >= 0.3 is 0 Å². The molecule has 0 N–H and O–H groups in total. The van der Waals surface area contributed by atoms with Crippen molar-refractivity contribution in [3.8, 4) is 11.1 Å². The molecule has 0 fully saturated rings. The van der Waals surface area contributed by atoms with E-state index in [9.17, 15) is 0 Å². The van der Waals surface area contributed by atoms with Gasteiger partial charge in [0.1, 0.15) is 11.3 Å². The van der Waals surface area contributed by atoms with Crippen LogP contribution in [0.3, 0.4) is 0 Å². The number of furan rings is 2. The van der Waals surface area contributed by atoms with E-state index in [2.05, 4.69) is 224 Å². The van der Waals surface area contributed by atoms with Crippen molar-refractivity contribution in [2.75, 3.05) is 9.80 Å². The lowest BCUT2D eigenvalue weighted by Gasteiger charge is -2.36. The Morgan fingerprint density at radius 3 is 1.87 bits per heavy atom.